The lowest BCUT2D eigenvalue weighted by Gasteiger charge is -2.19. The van der Waals surface area contributed by atoms with E-state index in [1.54, 1.807) is 18.2 Å². The van der Waals surface area contributed by atoms with E-state index in [0.29, 0.717) is 30.4 Å². The van der Waals surface area contributed by atoms with Crippen molar-refractivity contribution in [2.24, 2.45) is 0 Å². The number of hydrogen-bond acceptors (Lipinski definition) is 5. The minimum absolute atomic E-state index is 0.412. The third kappa shape index (κ3) is 5.12. The lowest BCUT2D eigenvalue weighted by Crippen LogP contribution is -2.31. The standard InChI is InChI=1S/C12H13F3N2O4/c13-12(14,15)7-21-16-6-11(18)17-8-1-2-9-10(5-8)20-4-3-19-9/h1-2,5,16H,3-4,6-7H2,(H,17,18). The predicted molar refractivity (Wildman–Crippen MR) is 66.1 cm³/mol. The first-order chi connectivity index (χ1) is 9.94. The number of benzene rings is 1. The van der Waals surface area contributed by atoms with Crippen molar-refractivity contribution < 1.29 is 32.3 Å². The van der Waals surface area contributed by atoms with Gasteiger partial charge in [0.25, 0.3) is 0 Å². The van der Waals surface area contributed by atoms with Crippen molar-refractivity contribution in [3.05, 3.63) is 18.2 Å². The van der Waals surface area contributed by atoms with Crippen molar-refractivity contribution in [1.29, 1.82) is 0 Å². The molecule has 1 amide bonds. The molecule has 0 aliphatic carbocycles. The maximum absolute atomic E-state index is 11.8. The van der Waals surface area contributed by atoms with Gasteiger partial charge in [0.05, 0.1) is 0 Å². The van der Waals surface area contributed by atoms with Gasteiger partial charge in [0.2, 0.25) is 5.91 Å². The molecule has 116 valence electrons. The summed E-state index contributed by atoms with van der Waals surface area (Å²) in [6, 6.07) is 4.81. The van der Waals surface area contributed by atoms with Crippen LogP contribution in [0.4, 0.5) is 18.9 Å². The SMILES string of the molecule is O=C(CNOCC(F)(F)F)Nc1ccc2c(c1)OCCO2. The molecule has 0 unspecified atom stereocenters. The molecular weight excluding hydrogens is 293 g/mol. The van der Waals surface area contributed by atoms with Gasteiger partial charge < -0.3 is 14.8 Å². The number of alkyl halides is 3. The van der Waals surface area contributed by atoms with E-state index in [-0.39, 0.29) is 0 Å². The smallest absolute Gasteiger partial charge is 0.413 e. The summed E-state index contributed by atoms with van der Waals surface area (Å²) in [7, 11) is 0. The van der Waals surface area contributed by atoms with Gasteiger partial charge in [-0.1, -0.05) is 0 Å². The van der Waals surface area contributed by atoms with E-state index in [1.165, 1.54) is 0 Å². The van der Waals surface area contributed by atoms with Gasteiger partial charge in [0.15, 0.2) is 18.1 Å². The Kier molecular flexibility index (Phi) is 4.86. The third-order valence-corrected chi connectivity index (χ3v) is 2.40. The lowest BCUT2D eigenvalue weighted by molar-refractivity contribution is -0.189. The Hall–Kier alpha value is -2.00. The normalized spacial score (nSPS) is 13.9. The van der Waals surface area contributed by atoms with Crippen LogP contribution in [-0.4, -0.2) is 38.4 Å². The molecular formula is C12H13F3N2O4. The summed E-state index contributed by atoms with van der Waals surface area (Å²) in [6.45, 7) is -1.01. The van der Waals surface area contributed by atoms with Crippen LogP contribution >= 0.6 is 0 Å². The van der Waals surface area contributed by atoms with E-state index in [4.69, 9.17) is 9.47 Å². The van der Waals surface area contributed by atoms with Gasteiger partial charge in [-0.15, -0.1) is 0 Å². The fourth-order valence-electron chi connectivity index (χ4n) is 1.58. The number of hydrogen-bond donors (Lipinski definition) is 2. The van der Waals surface area contributed by atoms with E-state index in [2.05, 4.69) is 10.2 Å². The van der Waals surface area contributed by atoms with Gasteiger partial charge in [-0.2, -0.15) is 18.7 Å². The van der Waals surface area contributed by atoms with Crippen LogP contribution < -0.4 is 20.3 Å². The van der Waals surface area contributed by atoms with E-state index >= 15 is 0 Å². The van der Waals surface area contributed by atoms with Gasteiger partial charge in [0, 0.05) is 11.8 Å². The average Bonchev–Trinajstić information content (AvgIpc) is 2.42. The van der Waals surface area contributed by atoms with Gasteiger partial charge in [0.1, 0.15) is 19.8 Å². The Balaban J connectivity index is 1.77. The molecule has 0 saturated heterocycles. The molecule has 0 fully saturated rings. The Morgan fingerprint density at radius 2 is 1.95 bits per heavy atom. The third-order valence-electron chi connectivity index (χ3n) is 2.40. The number of ether oxygens (including phenoxy) is 2. The molecule has 21 heavy (non-hydrogen) atoms. The van der Waals surface area contributed by atoms with Crippen molar-refractivity contribution in [3.63, 3.8) is 0 Å². The number of nitrogens with one attached hydrogen (secondary N) is 2. The fourth-order valence-corrected chi connectivity index (χ4v) is 1.58. The van der Waals surface area contributed by atoms with Crippen LogP contribution in [0, 0.1) is 0 Å². The highest BCUT2D eigenvalue weighted by atomic mass is 19.4. The highest BCUT2D eigenvalue weighted by Gasteiger charge is 2.27. The molecule has 1 aromatic carbocycles. The molecule has 0 saturated carbocycles. The van der Waals surface area contributed by atoms with E-state index in [9.17, 15) is 18.0 Å². The average molecular weight is 306 g/mol. The lowest BCUT2D eigenvalue weighted by atomic mass is 10.2. The number of carbonyl (C=O) groups is 1. The number of fused-ring (bicyclic) bond motifs is 1. The second-order valence-corrected chi connectivity index (χ2v) is 4.13. The second-order valence-electron chi connectivity index (χ2n) is 4.13. The summed E-state index contributed by atoms with van der Waals surface area (Å²) in [6.07, 6.45) is -4.45. The quantitative estimate of drug-likeness (QED) is 0.637. The Labute approximate surface area is 118 Å². The molecule has 0 atom stereocenters. The monoisotopic (exact) mass is 306 g/mol. The summed E-state index contributed by atoms with van der Waals surface area (Å²) in [5, 5.41) is 2.49. The number of rotatable bonds is 5. The van der Waals surface area contributed by atoms with Crippen LogP contribution in [-0.2, 0) is 9.63 Å². The van der Waals surface area contributed by atoms with Crippen LogP contribution in [0.25, 0.3) is 0 Å². The first-order valence-electron chi connectivity index (χ1n) is 6.05. The van der Waals surface area contributed by atoms with Crippen LogP contribution in [0.5, 0.6) is 11.5 Å². The highest BCUT2D eigenvalue weighted by Crippen LogP contribution is 2.32. The number of hydroxylamine groups is 1. The second kappa shape index (κ2) is 6.64. The molecule has 0 radical (unpaired) electrons. The minimum atomic E-state index is -4.45. The van der Waals surface area contributed by atoms with Gasteiger partial charge in [-0.05, 0) is 12.1 Å². The molecule has 2 rings (SSSR count). The largest absolute Gasteiger partial charge is 0.486 e. The predicted octanol–water partition coefficient (Wildman–Crippen LogP) is 1.48. The Bertz CT molecular complexity index is 508. The van der Waals surface area contributed by atoms with Crippen molar-refractivity contribution in [1.82, 2.24) is 5.48 Å². The van der Waals surface area contributed by atoms with Crippen LogP contribution in [0.2, 0.25) is 0 Å². The number of amides is 1. The van der Waals surface area contributed by atoms with Crippen molar-refractivity contribution in [3.8, 4) is 11.5 Å². The fraction of sp³-hybridized carbons (Fsp3) is 0.417. The van der Waals surface area contributed by atoms with Crippen molar-refractivity contribution in [2.45, 2.75) is 6.18 Å². The van der Waals surface area contributed by atoms with Crippen LogP contribution in [0.1, 0.15) is 0 Å². The molecule has 0 bridgehead atoms. The highest BCUT2D eigenvalue weighted by molar-refractivity contribution is 5.92. The van der Waals surface area contributed by atoms with Crippen LogP contribution in [0.3, 0.4) is 0 Å². The van der Waals surface area contributed by atoms with Gasteiger partial charge >= 0.3 is 6.18 Å². The van der Waals surface area contributed by atoms with Crippen molar-refractivity contribution >= 4 is 11.6 Å². The zero-order valence-electron chi connectivity index (χ0n) is 10.8. The van der Waals surface area contributed by atoms with E-state index in [1.807, 2.05) is 5.48 Å². The summed E-state index contributed by atoms with van der Waals surface area (Å²) in [5.74, 6) is 0.528. The van der Waals surface area contributed by atoms with E-state index in [0.717, 1.165) is 0 Å². The summed E-state index contributed by atoms with van der Waals surface area (Å²) >= 11 is 0. The topological polar surface area (TPSA) is 68.8 Å². The zero-order chi connectivity index (χ0) is 15.3. The zero-order valence-corrected chi connectivity index (χ0v) is 10.8. The summed E-state index contributed by atoms with van der Waals surface area (Å²) < 4.78 is 46.0. The molecule has 1 heterocycles. The van der Waals surface area contributed by atoms with E-state index < -0.39 is 25.2 Å². The molecule has 1 aliphatic rings. The van der Waals surface area contributed by atoms with Gasteiger partial charge in [-0.25, -0.2) is 0 Å². The summed E-state index contributed by atoms with van der Waals surface area (Å²) in [5.41, 5.74) is 2.38. The molecule has 2 N–H and O–H groups in total. The number of anilines is 1. The Morgan fingerprint density at radius 3 is 2.67 bits per heavy atom. The molecule has 0 aromatic heterocycles. The number of carbonyl (C=O) groups excluding carboxylic acids is 1. The molecule has 1 aromatic rings. The maximum atomic E-state index is 11.8. The maximum Gasteiger partial charge on any atom is 0.413 e. The minimum Gasteiger partial charge on any atom is -0.486 e. The molecule has 9 heteroatoms. The first-order valence-corrected chi connectivity index (χ1v) is 6.05. The molecule has 1 aliphatic heterocycles. The molecule has 6 nitrogen and oxygen atoms in total. The molecule has 0 spiro atoms. The van der Waals surface area contributed by atoms with Gasteiger partial charge in [-0.3, -0.25) is 9.63 Å². The van der Waals surface area contributed by atoms with Crippen LogP contribution in [0.15, 0.2) is 18.2 Å². The Morgan fingerprint density at radius 1 is 1.24 bits per heavy atom. The van der Waals surface area contributed by atoms with Crippen molar-refractivity contribution in [2.75, 3.05) is 31.7 Å². The number of halogens is 3. The first kappa shape index (κ1) is 15.4. The summed E-state index contributed by atoms with van der Waals surface area (Å²) in [4.78, 5) is 15.6.